The van der Waals surface area contributed by atoms with Crippen LogP contribution in [-0.2, 0) is 6.54 Å². The normalized spacial score (nSPS) is 18.1. The summed E-state index contributed by atoms with van der Waals surface area (Å²) in [4.78, 5) is 24.7. The van der Waals surface area contributed by atoms with Gasteiger partial charge in [0.25, 0.3) is 0 Å². The van der Waals surface area contributed by atoms with E-state index in [0.717, 1.165) is 48.9 Å². The van der Waals surface area contributed by atoms with Crippen molar-refractivity contribution >= 4 is 11.2 Å². The van der Waals surface area contributed by atoms with Crippen molar-refractivity contribution in [3.8, 4) is 17.3 Å². The van der Waals surface area contributed by atoms with E-state index >= 15 is 0 Å². The van der Waals surface area contributed by atoms with E-state index in [2.05, 4.69) is 52.5 Å². The highest BCUT2D eigenvalue weighted by Gasteiger charge is 2.32. The summed E-state index contributed by atoms with van der Waals surface area (Å²) in [5.74, 6) is 2.06. The second-order valence-electron chi connectivity index (χ2n) is 8.20. The van der Waals surface area contributed by atoms with E-state index in [1.807, 2.05) is 11.5 Å². The van der Waals surface area contributed by atoms with E-state index in [1.54, 1.807) is 18.7 Å². The summed E-state index contributed by atoms with van der Waals surface area (Å²) in [6.07, 6.45) is 6.23. The van der Waals surface area contributed by atoms with Gasteiger partial charge in [0.15, 0.2) is 11.2 Å². The summed E-state index contributed by atoms with van der Waals surface area (Å²) in [7, 11) is 0. The molecule has 1 atom stereocenters. The lowest BCUT2D eigenvalue weighted by molar-refractivity contribution is 0.139. The Morgan fingerprint density at radius 3 is 2.54 bits per heavy atom. The Hall–Kier alpha value is -2.61. The van der Waals surface area contributed by atoms with Crippen LogP contribution in [0.4, 0.5) is 0 Å². The number of ether oxygens (including phenoxy) is 1. The Morgan fingerprint density at radius 1 is 1.14 bits per heavy atom. The molecule has 1 unspecified atom stereocenters. The molecule has 0 spiro atoms. The minimum Gasteiger partial charge on any atom is -0.471 e. The quantitative estimate of drug-likeness (QED) is 0.687. The molecule has 4 rings (SSSR count). The smallest absolute Gasteiger partial charge is 0.245 e. The maximum Gasteiger partial charge on any atom is 0.245 e. The zero-order valence-electron chi connectivity index (χ0n) is 17.2. The van der Waals surface area contributed by atoms with E-state index < -0.39 is 0 Å². The summed E-state index contributed by atoms with van der Waals surface area (Å²) < 4.78 is 8.33. The predicted octanol–water partition coefficient (Wildman–Crippen LogP) is 2.86. The standard InChI is InChI=1S/C20H27N7O/c1-6-27-17(14-9-21-13(2)22-10-14)25-16-18(27)23-12-24-19(16)28-15-7-8-26(11-15)20(3,4)5/h9-10,12,15H,6-8,11H2,1-5H3. The molecule has 0 saturated carbocycles. The Morgan fingerprint density at radius 2 is 1.89 bits per heavy atom. The summed E-state index contributed by atoms with van der Waals surface area (Å²) in [6.45, 7) is 13.3. The number of aromatic nitrogens is 6. The van der Waals surface area contributed by atoms with Crippen molar-refractivity contribution < 1.29 is 4.74 Å². The van der Waals surface area contributed by atoms with Crippen molar-refractivity contribution in [2.45, 2.75) is 59.2 Å². The Bertz CT molecular complexity index is 975. The summed E-state index contributed by atoms with van der Waals surface area (Å²) in [5.41, 5.74) is 2.46. The highest BCUT2D eigenvalue weighted by molar-refractivity contribution is 5.81. The molecule has 4 heterocycles. The third-order valence-electron chi connectivity index (χ3n) is 5.23. The molecule has 0 N–H and O–H groups in total. The SMILES string of the molecule is CCn1c(-c2cnc(C)nc2)nc2c(OC3CCN(C(C)(C)C)C3)ncnc21. The number of likely N-dealkylation sites (tertiary alicyclic amines) is 1. The molecule has 1 aliphatic rings. The maximum absolute atomic E-state index is 6.28. The minimum absolute atomic E-state index is 0.107. The van der Waals surface area contributed by atoms with Crippen molar-refractivity contribution in [1.29, 1.82) is 0 Å². The lowest BCUT2D eigenvalue weighted by atomic mass is 10.1. The van der Waals surface area contributed by atoms with Crippen LogP contribution in [0.25, 0.3) is 22.6 Å². The predicted molar refractivity (Wildman–Crippen MR) is 107 cm³/mol. The van der Waals surface area contributed by atoms with E-state index in [0.29, 0.717) is 11.4 Å². The fraction of sp³-hybridized carbons (Fsp3) is 0.550. The van der Waals surface area contributed by atoms with Gasteiger partial charge >= 0.3 is 0 Å². The van der Waals surface area contributed by atoms with Crippen molar-refractivity contribution in [2.24, 2.45) is 0 Å². The molecule has 0 amide bonds. The second kappa shape index (κ2) is 7.09. The molecule has 1 saturated heterocycles. The molecule has 0 bridgehead atoms. The van der Waals surface area contributed by atoms with Crippen LogP contribution in [0.15, 0.2) is 18.7 Å². The van der Waals surface area contributed by atoms with Crippen molar-refractivity contribution in [1.82, 2.24) is 34.4 Å². The van der Waals surface area contributed by atoms with Crippen LogP contribution in [0.2, 0.25) is 0 Å². The third-order valence-corrected chi connectivity index (χ3v) is 5.23. The van der Waals surface area contributed by atoms with Gasteiger partial charge in [0.05, 0.1) is 5.56 Å². The molecule has 1 aliphatic heterocycles. The first-order valence-corrected chi connectivity index (χ1v) is 9.78. The van der Waals surface area contributed by atoms with Crippen LogP contribution < -0.4 is 4.74 Å². The first-order valence-electron chi connectivity index (χ1n) is 9.78. The number of rotatable bonds is 4. The molecule has 8 heteroatoms. The van der Waals surface area contributed by atoms with Crippen molar-refractivity contribution in [3.63, 3.8) is 0 Å². The van der Waals surface area contributed by atoms with Gasteiger partial charge in [-0.3, -0.25) is 4.90 Å². The van der Waals surface area contributed by atoms with E-state index in [4.69, 9.17) is 9.72 Å². The average molecular weight is 381 g/mol. The van der Waals surface area contributed by atoms with Gasteiger partial charge in [-0.25, -0.2) is 19.9 Å². The fourth-order valence-electron chi connectivity index (χ4n) is 3.62. The molecule has 0 aromatic carbocycles. The fourth-order valence-corrected chi connectivity index (χ4v) is 3.62. The van der Waals surface area contributed by atoms with Gasteiger partial charge in [0.1, 0.15) is 24.1 Å². The molecule has 28 heavy (non-hydrogen) atoms. The molecular formula is C20H27N7O. The molecule has 0 aliphatic carbocycles. The second-order valence-corrected chi connectivity index (χ2v) is 8.20. The van der Waals surface area contributed by atoms with Gasteiger partial charge in [0, 0.05) is 37.6 Å². The van der Waals surface area contributed by atoms with Crippen LogP contribution in [0.3, 0.4) is 0 Å². The first kappa shape index (κ1) is 18.7. The number of hydrogen-bond donors (Lipinski definition) is 0. The van der Waals surface area contributed by atoms with Crippen LogP contribution in [0.5, 0.6) is 5.88 Å². The highest BCUT2D eigenvalue weighted by atomic mass is 16.5. The summed E-state index contributed by atoms with van der Waals surface area (Å²) in [6, 6.07) is 0. The highest BCUT2D eigenvalue weighted by Crippen LogP contribution is 2.29. The van der Waals surface area contributed by atoms with Crippen LogP contribution in [0.1, 0.15) is 39.9 Å². The van der Waals surface area contributed by atoms with Crippen LogP contribution in [0, 0.1) is 6.92 Å². The Labute approximate surface area is 165 Å². The first-order chi connectivity index (χ1) is 13.4. The molecule has 3 aromatic rings. The van der Waals surface area contributed by atoms with Crippen LogP contribution >= 0.6 is 0 Å². The van der Waals surface area contributed by atoms with Gasteiger partial charge in [-0.1, -0.05) is 0 Å². The Kier molecular flexibility index (Phi) is 4.74. The summed E-state index contributed by atoms with van der Waals surface area (Å²) in [5, 5.41) is 0. The van der Waals surface area contributed by atoms with Gasteiger partial charge in [-0.05, 0) is 41.0 Å². The van der Waals surface area contributed by atoms with Crippen molar-refractivity contribution in [2.75, 3.05) is 13.1 Å². The lowest BCUT2D eigenvalue weighted by Gasteiger charge is -2.31. The number of imidazole rings is 1. The number of nitrogens with zero attached hydrogens (tertiary/aromatic N) is 7. The van der Waals surface area contributed by atoms with Crippen molar-refractivity contribution in [3.05, 3.63) is 24.5 Å². The topological polar surface area (TPSA) is 81.9 Å². The van der Waals surface area contributed by atoms with Gasteiger partial charge in [0.2, 0.25) is 5.88 Å². The van der Waals surface area contributed by atoms with Crippen LogP contribution in [-0.4, -0.2) is 59.1 Å². The monoisotopic (exact) mass is 381 g/mol. The maximum atomic E-state index is 6.28. The molecule has 3 aromatic heterocycles. The molecule has 8 nitrogen and oxygen atoms in total. The Balaban J connectivity index is 1.68. The van der Waals surface area contributed by atoms with Gasteiger partial charge in [-0.15, -0.1) is 0 Å². The lowest BCUT2D eigenvalue weighted by Crippen LogP contribution is -2.40. The molecule has 0 radical (unpaired) electrons. The third kappa shape index (κ3) is 3.44. The molecule has 1 fully saturated rings. The van der Waals surface area contributed by atoms with Gasteiger partial charge < -0.3 is 9.30 Å². The van der Waals surface area contributed by atoms with E-state index in [9.17, 15) is 0 Å². The number of fused-ring (bicyclic) bond motifs is 1. The molecule has 148 valence electrons. The van der Waals surface area contributed by atoms with E-state index in [1.165, 1.54) is 0 Å². The molecular weight excluding hydrogens is 354 g/mol. The zero-order valence-corrected chi connectivity index (χ0v) is 17.2. The zero-order chi connectivity index (χ0) is 19.9. The average Bonchev–Trinajstić information content (AvgIpc) is 3.27. The summed E-state index contributed by atoms with van der Waals surface area (Å²) >= 11 is 0. The number of aryl methyl sites for hydroxylation is 2. The largest absolute Gasteiger partial charge is 0.471 e. The number of hydrogen-bond acceptors (Lipinski definition) is 7. The van der Waals surface area contributed by atoms with E-state index in [-0.39, 0.29) is 11.6 Å². The minimum atomic E-state index is 0.107. The van der Waals surface area contributed by atoms with Gasteiger partial charge in [-0.2, -0.15) is 4.98 Å².